The van der Waals surface area contributed by atoms with E-state index in [1.807, 2.05) is 24.3 Å². The maximum absolute atomic E-state index is 4.32. The maximum Gasteiger partial charge on any atom is 0.135 e. The minimum atomic E-state index is 0.756. The summed E-state index contributed by atoms with van der Waals surface area (Å²) >= 11 is 0. The van der Waals surface area contributed by atoms with Gasteiger partial charge in [-0.1, -0.05) is 18.2 Å². The lowest BCUT2D eigenvalue weighted by Gasteiger charge is -2.21. The van der Waals surface area contributed by atoms with Crippen molar-refractivity contribution < 1.29 is 0 Å². The SMILES string of the molecule is CCN(CC)c1ccc(Nc2cc(Nc3ccccc3C)ncn2)cc1. The highest BCUT2D eigenvalue weighted by Crippen LogP contribution is 2.23. The normalized spacial score (nSPS) is 10.4. The van der Waals surface area contributed by atoms with Gasteiger partial charge in [-0.05, 0) is 56.7 Å². The van der Waals surface area contributed by atoms with Gasteiger partial charge in [-0.25, -0.2) is 9.97 Å². The number of benzene rings is 2. The second kappa shape index (κ2) is 8.34. The van der Waals surface area contributed by atoms with Crippen molar-refractivity contribution in [3.63, 3.8) is 0 Å². The predicted molar refractivity (Wildman–Crippen MR) is 110 cm³/mol. The minimum absolute atomic E-state index is 0.756. The van der Waals surface area contributed by atoms with Crippen molar-refractivity contribution in [1.29, 1.82) is 0 Å². The molecule has 3 aromatic rings. The van der Waals surface area contributed by atoms with E-state index in [1.165, 1.54) is 11.3 Å². The average Bonchev–Trinajstić information content (AvgIpc) is 2.66. The second-order valence-electron chi connectivity index (χ2n) is 6.07. The molecule has 0 saturated heterocycles. The van der Waals surface area contributed by atoms with E-state index in [1.54, 1.807) is 6.33 Å². The largest absolute Gasteiger partial charge is 0.372 e. The van der Waals surface area contributed by atoms with E-state index >= 15 is 0 Å². The summed E-state index contributed by atoms with van der Waals surface area (Å²) < 4.78 is 0. The predicted octanol–water partition coefficient (Wildman–Crippen LogP) is 5.12. The molecule has 26 heavy (non-hydrogen) atoms. The monoisotopic (exact) mass is 347 g/mol. The Morgan fingerprint density at radius 3 is 2.15 bits per heavy atom. The topological polar surface area (TPSA) is 53.1 Å². The lowest BCUT2D eigenvalue weighted by Crippen LogP contribution is -2.21. The van der Waals surface area contributed by atoms with Gasteiger partial charge in [-0.3, -0.25) is 0 Å². The number of nitrogens with zero attached hydrogens (tertiary/aromatic N) is 3. The summed E-state index contributed by atoms with van der Waals surface area (Å²) in [5.41, 5.74) is 4.44. The molecule has 0 saturated carbocycles. The highest BCUT2D eigenvalue weighted by atomic mass is 15.1. The number of aromatic nitrogens is 2. The molecular weight excluding hydrogens is 322 g/mol. The van der Waals surface area contributed by atoms with Crippen LogP contribution in [0.2, 0.25) is 0 Å². The van der Waals surface area contributed by atoms with Crippen molar-refractivity contribution in [2.24, 2.45) is 0 Å². The summed E-state index contributed by atoms with van der Waals surface area (Å²) in [6.07, 6.45) is 1.56. The van der Waals surface area contributed by atoms with Gasteiger partial charge in [0.25, 0.3) is 0 Å². The van der Waals surface area contributed by atoms with Gasteiger partial charge in [0.05, 0.1) is 0 Å². The molecule has 2 N–H and O–H groups in total. The van der Waals surface area contributed by atoms with Crippen molar-refractivity contribution in [3.05, 3.63) is 66.5 Å². The number of nitrogens with one attached hydrogen (secondary N) is 2. The van der Waals surface area contributed by atoms with Crippen LogP contribution in [0.4, 0.5) is 28.7 Å². The summed E-state index contributed by atoms with van der Waals surface area (Å²) in [7, 11) is 0. The third kappa shape index (κ3) is 4.30. The Kier molecular flexibility index (Phi) is 5.69. The minimum Gasteiger partial charge on any atom is -0.372 e. The standard InChI is InChI=1S/C21H25N5/c1-4-26(5-2)18-12-10-17(11-13-18)24-20-14-21(23-15-22-20)25-19-9-7-6-8-16(19)3/h6-15H,4-5H2,1-3H3,(H2,22,23,24,25). The Morgan fingerprint density at radius 1 is 0.846 bits per heavy atom. The van der Waals surface area contributed by atoms with Gasteiger partial charge in [0.15, 0.2) is 0 Å². The molecule has 0 radical (unpaired) electrons. The van der Waals surface area contributed by atoms with Crippen molar-refractivity contribution in [2.45, 2.75) is 20.8 Å². The number of para-hydroxylation sites is 1. The molecule has 134 valence electrons. The number of aryl methyl sites for hydroxylation is 1. The van der Waals surface area contributed by atoms with Gasteiger partial charge < -0.3 is 15.5 Å². The third-order valence-electron chi connectivity index (χ3n) is 4.34. The van der Waals surface area contributed by atoms with Crippen LogP contribution in [0.5, 0.6) is 0 Å². The zero-order valence-electron chi connectivity index (χ0n) is 15.5. The molecule has 0 fully saturated rings. The molecule has 1 heterocycles. The van der Waals surface area contributed by atoms with Crippen LogP contribution in [-0.2, 0) is 0 Å². The first kappa shape index (κ1) is 17.7. The Balaban J connectivity index is 1.72. The van der Waals surface area contributed by atoms with Crippen LogP contribution in [0.1, 0.15) is 19.4 Å². The van der Waals surface area contributed by atoms with Crippen molar-refractivity contribution in [2.75, 3.05) is 28.6 Å². The summed E-state index contributed by atoms with van der Waals surface area (Å²) in [5.74, 6) is 1.52. The molecule has 0 aliphatic heterocycles. The number of hydrogen-bond donors (Lipinski definition) is 2. The summed E-state index contributed by atoms with van der Waals surface area (Å²) in [6.45, 7) is 8.41. The Bertz CT molecular complexity index is 841. The van der Waals surface area contributed by atoms with Gasteiger partial charge in [0.2, 0.25) is 0 Å². The quantitative estimate of drug-likeness (QED) is 0.621. The van der Waals surface area contributed by atoms with E-state index in [-0.39, 0.29) is 0 Å². The zero-order valence-corrected chi connectivity index (χ0v) is 15.5. The molecule has 0 unspecified atom stereocenters. The molecule has 0 atom stereocenters. The summed E-state index contributed by atoms with van der Waals surface area (Å²) in [4.78, 5) is 10.9. The molecule has 5 heteroatoms. The Labute approximate surface area is 155 Å². The molecule has 3 rings (SSSR count). The van der Waals surface area contributed by atoms with E-state index < -0.39 is 0 Å². The highest BCUT2D eigenvalue weighted by Gasteiger charge is 2.04. The average molecular weight is 347 g/mol. The van der Waals surface area contributed by atoms with E-state index in [0.29, 0.717) is 0 Å². The van der Waals surface area contributed by atoms with Crippen LogP contribution in [-0.4, -0.2) is 23.1 Å². The zero-order chi connectivity index (χ0) is 18.4. The first-order valence-electron chi connectivity index (χ1n) is 8.96. The van der Waals surface area contributed by atoms with Crippen LogP contribution in [0.25, 0.3) is 0 Å². The number of hydrogen-bond acceptors (Lipinski definition) is 5. The van der Waals surface area contributed by atoms with Crippen LogP contribution >= 0.6 is 0 Å². The lowest BCUT2D eigenvalue weighted by molar-refractivity contribution is 0.866. The molecule has 0 aliphatic carbocycles. The van der Waals surface area contributed by atoms with Gasteiger partial charge in [-0.15, -0.1) is 0 Å². The Hall–Kier alpha value is -3.08. The number of anilines is 5. The first-order valence-corrected chi connectivity index (χ1v) is 8.96. The molecule has 0 amide bonds. The van der Waals surface area contributed by atoms with E-state index in [4.69, 9.17) is 0 Å². The second-order valence-corrected chi connectivity index (χ2v) is 6.07. The molecule has 0 aliphatic rings. The third-order valence-corrected chi connectivity index (χ3v) is 4.34. The van der Waals surface area contributed by atoms with Crippen LogP contribution in [0.15, 0.2) is 60.9 Å². The van der Waals surface area contributed by atoms with Gasteiger partial charge in [0.1, 0.15) is 18.0 Å². The summed E-state index contributed by atoms with van der Waals surface area (Å²) in [5, 5.41) is 6.68. The molecule has 5 nitrogen and oxygen atoms in total. The Morgan fingerprint density at radius 2 is 1.50 bits per heavy atom. The van der Waals surface area contributed by atoms with E-state index in [0.717, 1.165) is 36.1 Å². The fourth-order valence-electron chi connectivity index (χ4n) is 2.84. The molecule has 0 bridgehead atoms. The molecule has 1 aromatic heterocycles. The lowest BCUT2D eigenvalue weighted by atomic mass is 10.2. The van der Waals surface area contributed by atoms with E-state index in [2.05, 4.69) is 76.6 Å². The van der Waals surface area contributed by atoms with Crippen molar-refractivity contribution in [3.8, 4) is 0 Å². The molecule has 0 spiro atoms. The van der Waals surface area contributed by atoms with E-state index in [9.17, 15) is 0 Å². The fraction of sp³-hybridized carbons (Fsp3) is 0.238. The van der Waals surface area contributed by atoms with Crippen molar-refractivity contribution in [1.82, 2.24) is 9.97 Å². The van der Waals surface area contributed by atoms with Gasteiger partial charge in [-0.2, -0.15) is 0 Å². The van der Waals surface area contributed by atoms with Crippen molar-refractivity contribution >= 4 is 28.7 Å². The van der Waals surface area contributed by atoms with Crippen LogP contribution in [0, 0.1) is 6.92 Å². The molecule has 2 aromatic carbocycles. The van der Waals surface area contributed by atoms with Gasteiger partial charge in [0, 0.05) is 36.2 Å². The summed E-state index contributed by atoms with van der Waals surface area (Å²) in [6, 6.07) is 18.4. The maximum atomic E-state index is 4.32. The molecular formula is C21H25N5. The smallest absolute Gasteiger partial charge is 0.135 e. The first-order chi connectivity index (χ1) is 12.7. The number of rotatable bonds is 7. The van der Waals surface area contributed by atoms with Crippen LogP contribution in [0.3, 0.4) is 0 Å². The highest BCUT2D eigenvalue weighted by molar-refractivity contribution is 5.65. The van der Waals surface area contributed by atoms with Gasteiger partial charge >= 0.3 is 0 Å². The van der Waals surface area contributed by atoms with Crippen LogP contribution < -0.4 is 15.5 Å². The fourth-order valence-corrected chi connectivity index (χ4v) is 2.84.